The van der Waals surface area contributed by atoms with Crippen LogP contribution in [0.2, 0.25) is 0 Å². The third-order valence-electron chi connectivity index (χ3n) is 3.60. The Labute approximate surface area is 119 Å². The number of hydrogen-bond acceptors (Lipinski definition) is 3. The Hall–Kier alpha value is -1.59. The molecule has 1 aliphatic heterocycles. The van der Waals surface area contributed by atoms with Crippen LogP contribution in [0, 0.1) is 5.92 Å². The van der Waals surface area contributed by atoms with Crippen molar-refractivity contribution in [2.45, 2.75) is 45.4 Å². The van der Waals surface area contributed by atoms with Crippen LogP contribution in [0.5, 0.6) is 0 Å². The van der Waals surface area contributed by atoms with E-state index in [2.05, 4.69) is 5.32 Å². The number of rotatable bonds is 7. The second kappa shape index (κ2) is 8.55. The molecular formula is C14H24N2O4. The van der Waals surface area contributed by atoms with Gasteiger partial charge >= 0.3 is 5.97 Å². The Kier molecular flexibility index (Phi) is 7.04. The molecule has 6 nitrogen and oxygen atoms in total. The highest BCUT2D eigenvalue weighted by Crippen LogP contribution is 2.18. The molecule has 0 atom stereocenters. The van der Waals surface area contributed by atoms with Gasteiger partial charge in [0.05, 0.1) is 0 Å². The van der Waals surface area contributed by atoms with E-state index in [1.54, 1.807) is 4.90 Å². The average molecular weight is 284 g/mol. The molecule has 1 heterocycles. The predicted octanol–water partition coefficient (Wildman–Crippen LogP) is 1.01. The van der Waals surface area contributed by atoms with Crippen LogP contribution in [0.1, 0.15) is 45.4 Å². The molecule has 0 radical (unpaired) electrons. The number of amides is 2. The van der Waals surface area contributed by atoms with Crippen LogP contribution >= 0.6 is 0 Å². The molecular weight excluding hydrogens is 260 g/mol. The van der Waals surface area contributed by atoms with Crippen LogP contribution < -0.4 is 5.32 Å². The Morgan fingerprint density at radius 2 is 1.75 bits per heavy atom. The van der Waals surface area contributed by atoms with E-state index < -0.39 is 5.97 Å². The summed E-state index contributed by atoms with van der Waals surface area (Å²) < 4.78 is 0. The molecule has 0 unspecified atom stereocenters. The molecule has 0 bridgehead atoms. The van der Waals surface area contributed by atoms with Crippen molar-refractivity contribution in [3.05, 3.63) is 0 Å². The molecule has 1 aliphatic rings. The largest absolute Gasteiger partial charge is 0.481 e. The van der Waals surface area contributed by atoms with Gasteiger partial charge in [0.25, 0.3) is 0 Å². The number of aliphatic carboxylic acids is 1. The van der Waals surface area contributed by atoms with E-state index >= 15 is 0 Å². The average Bonchev–Trinajstić information content (AvgIpc) is 2.43. The minimum atomic E-state index is -0.819. The van der Waals surface area contributed by atoms with E-state index in [9.17, 15) is 14.4 Å². The summed E-state index contributed by atoms with van der Waals surface area (Å²) in [5.74, 6) is -0.642. The molecule has 0 saturated carbocycles. The first-order chi connectivity index (χ1) is 9.54. The van der Waals surface area contributed by atoms with E-state index in [0.29, 0.717) is 51.7 Å². The van der Waals surface area contributed by atoms with Gasteiger partial charge in [-0.1, -0.05) is 0 Å². The van der Waals surface area contributed by atoms with Gasteiger partial charge in [0.2, 0.25) is 11.8 Å². The number of nitrogens with one attached hydrogen (secondary N) is 1. The van der Waals surface area contributed by atoms with Gasteiger partial charge in [0.1, 0.15) is 0 Å². The standard InChI is InChI=1S/C14H24N2O4/c1-2-15-14(20)11-7-9-16(10-8-11)12(17)5-3-4-6-13(18)19/h11H,2-10H2,1H3,(H,15,20)(H,18,19). The van der Waals surface area contributed by atoms with Crippen LogP contribution in [-0.2, 0) is 14.4 Å². The number of carbonyl (C=O) groups is 3. The van der Waals surface area contributed by atoms with Crippen molar-refractivity contribution in [1.29, 1.82) is 0 Å². The fraction of sp³-hybridized carbons (Fsp3) is 0.786. The van der Waals surface area contributed by atoms with Gasteiger partial charge in [0, 0.05) is 38.4 Å². The first-order valence-electron chi connectivity index (χ1n) is 7.31. The van der Waals surface area contributed by atoms with Crippen LogP contribution in [0.3, 0.4) is 0 Å². The summed E-state index contributed by atoms with van der Waals surface area (Å²) >= 11 is 0. The molecule has 20 heavy (non-hydrogen) atoms. The Bertz CT molecular complexity index is 349. The Morgan fingerprint density at radius 1 is 1.15 bits per heavy atom. The summed E-state index contributed by atoms with van der Waals surface area (Å²) in [7, 11) is 0. The maximum atomic E-state index is 11.9. The van der Waals surface area contributed by atoms with Crippen molar-refractivity contribution in [2.24, 2.45) is 5.92 Å². The van der Waals surface area contributed by atoms with Crippen LogP contribution in [0.15, 0.2) is 0 Å². The molecule has 0 aromatic heterocycles. The number of hydrogen-bond donors (Lipinski definition) is 2. The van der Waals surface area contributed by atoms with E-state index in [1.807, 2.05) is 6.92 Å². The van der Waals surface area contributed by atoms with E-state index in [1.165, 1.54) is 0 Å². The van der Waals surface area contributed by atoms with Gasteiger partial charge in [-0.3, -0.25) is 14.4 Å². The molecule has 0 aliphatic carbocycles. The second-order valence-corrected chi connectivity index (χ2v) is 5.15. The highest BCUT2D eigenvalue weighted by Gasteiger charge is 2.26. The molecule has 1 rings (SSSR count). The SMILES string of the molecule is CCNC(=O)C1CCN(C(=O)CCCCC(=O)O)CC1. The predicted molar refractivity (Wildman–Crippen MR) is 74.1 cm³/mol. The molecule has 1 saturated heterocycles. The van der Waals surface area contributed by atoms with Crippen molar-refractivity contribution < 1.29 is 19.5 Å². The molecule has 0 spiro atoms. The van der Waals surface area contributed by atoms with Gasteiger partial charge in [-0.2, -0.15) is 0 Å². The number of unbranched alkanes of at least 4 members (excludes halogenated alkanes) is 1. The van der Waals surface area contributed by atoms with Crippen LogP contribution in [0.4, 0.5) is 0 Å². The highest BCUT2D eigenvalue weighted by molar-refractivity contribution is 5.80. The van der Waals surface area contributed by atoms with Crippen molar-refractivity contribution in [3.8, 4) is 0 Å². The minimum Gasteiger partial charge on any atom is -0.481 e. The lowest BCUT2D eigenvalue weighted by Crippen LogP contribution is -2.42. The summed E-state index contributed by atoms with van der Waals surface area (Å²) in [6.07, 6.45) is 3.10. The fourth-order valence-corrected chi connectivity index (χ4v) is 2.42. The Morgan fingerprint density at radius 3 is 2.30 bits per heavy atom. The minimum absolute atomic E-state index is 0.0195. The lowest BCUT2D eigenvalue weighted by Gasteiger charge is -2.31. The molecule has 0 aromatic carbocycles. The maximum absolute atomic E-state index is 11.9. The quantitative estimate of drug-likeness (QED) is 0.683. The topological polar surface area (TPSA) is 86.7 Å². The highest BCUT2D eigenvalue weighted by atomic mass is 16.4. The van der Waals surface area contributed by atoms with Gasteiger partial charge in [0.15, 0.2) is 0 Å². The maximum Gasteiger partial charge on any atom is 0.303 e. The summed E-state index contributed by atoms with van der Waals surface area (Å²) in [5, 5.41) is 11.3. The van der Waals surface area contributed by atoms with E-state index in [0.717, 1.165) is 0 Å². The van der Waals surface area contributed by atoms with Crippen molar-refractivity contribution in [2.75, 3.05) is 19.6 Å². The van der Waals surface area contributed by atoms with Crippen molar-refractivity contribution >= 4 is 17.8 Å². The van der Waals surface area contributed by atoms with Gasteiger partial charge < -0.3 is 15.3 Å². The number of carboxylic acids is 1. The third-order valence-corrected chi connectivity index (χ3v) is 3.60. The third kappa shape index (κ3) is 5.59. The second-order valence-electron chi connectivity index (χ2n) is 5.15. The van der Waals surface area contributed by atoms with Crippen LogP contribution in [0.25, 0.3) is 0 Å². The first-order valence-corrected chi connectivity index (χ1v) is 7.31. The molecule has 2 amide bonds. The zero-order valence-electron chi connectivity index (χ0n) is 12.1. The Balaban J connectivity index is 2.22. The van der Waals surface area contributed by atoms with Crippen LogP contribution in [-0.4, -0.2) is 47.4 Å². The van der Waals surface area contributed by atoms with Crippen molar-refractivity contribution in [1.82, 2.24) is 10.2 Å². The summed E-state index contributed by atoms with van der Waals surface area (Å²) in [5.41, 5.74) is 0. The normalized spacial score (nSPS) is 15.9. The molecule has 114 valence electrons. The molecule has 6 heteroatoms. The smallest absolute Gasteiger partial charge is 0.303 e. The number of nitrogens with zero attached hydrogens (tertiary/aromatic N) is 1. The summed E-state index contributed by atoms with van der Waals surface area (Å²) in [4.78, 5) is 35.8. The van der Waals surface area contributed by atoms with E-state index in [-0.39, 0.29) is 24.2 Å². The van der Waals surface area contributed by atoms with Gasteiger partial charge in [-0.05, 0) is 32.6 Å². The fourth-order valence-electron chi connectivity index (χ4n) is 2.42. The number of piperidine rings is 1. The zero-order valence-corrected chi connectivity index (χ0v) is 12.1. The summed E-state index contributed by atoms with van der Waals surface area (Å²) in [6, 6.07) is 0. The molecule has 0 aromatic rings. The summed E-state index contributed by atoms with van der Waals surface area (Å²) in [6.45, 7) is 3.79. The van der Waals surface area contributed by atoms with Gasteiger partial charge in [-0.15, -0.1) is 0 Å². The molecule has 2 N–H and O–H groups in total. The monoisotopic (exact) mass is 284 g/mol. The molecule has 1 fully saturated rings. The van der Waals surface area contributed by atoms with Crippen molar-refractivity contribution in [3.63, 3.8) is 0 Å². The zero-order chi connectivity index (χ0) is 15.0. The lowest BCUT2D eigenvalue weighted by atomic mass is 9.95. The number of likely N-dealkylation sites (tertiary alicyclic amines) is 1. The number of carboxylic acid groups (broad SMARTS) is 1. The van der Waals surface area contributed by atoms with Gasteiger partial charge in [-0.25, -0.2) is 0 Å². The lowest BCUT2D eigenvalue weighted by molar-refractivity contribution is -0.138. The number of carbonyl (C=O) groups excluding carboxylic acids is 2. The van der Waals surface area contributed by atoms with E-state index in [4.69, 9.17) is 5.11 Å². The first kappa shape index (κ1) is 16.5.